The highest BCUT2D eigenvalue weighted by Gasteiger charge is 2.20. The number of methoxy groups -OCH3 is 2. The molecule has 0 aliphatic heterocycles. The molecule has 0 unspecified atom stereocenters. The third-order valence-electron chi connectivity index (χ3n) is 1.77. The van der Waals surface area contributed by atoms with Crippen molar-refractivity contribution < 1.29 is 31.5 Å². The van der Waals surface area contributed by atoms with Gasteiger partial charge >= 0.3 is 12.9 Å². The summed E-state index contributed by atoms with van der Waals surface area (Å²) in [5.74, 6) is 0.827. The van der Waals surface area contributed by atoms with Gasteiger partial charge in [-0.15, -0.1) is 0 Å². The van der Waals surface area contributed by atoms with Gasteiger partial charge in [-0.25, -0.2) is 0 Å². The van der Waals surface area contributed by atoms with E-state index in [-0.39, 0.29) is 11.3 Å². The predicted octanol–water partition coefficient (Wildman–Crippen LogP) is 3.30. The molecule has 0 N–H and O–H groups in total. The van der Waals surface area contributed by atoms with E-state index >= 15 is 0 Å². The molecule has 0 spiro atoms. The van der Waals surface area contributed by atoms with Crippen molar-refractivity contribution in [3.63, 3.8) is 0 Å². The molecular formula is C9H9BF4N2O3. The topological polar surface area (TPSA) is 63.7 Å². The molecule has 0 atom stereocenters. The fourth-order valence-electron chi connectivity index (χ4n) is 1.06. The second-order valence-corrected chi connectivity index (χ2v) is 2.98. The maximum atomic E-state index is 10.6. The molecule has 1 rings (SSSR count). The van der Waals surface area contributed by atoms with Gasteiger partial charge in [0.1, 0.15) is 5.56 Å². The summed E-state index contributed by atoms with van der Waals surface area (Å²) < 4.78 is 48.9. The molecule has 104 valence electrons. The van der Waals surface area contributed by atoms with Crippen LogP contribution in [0, 0.1) is 5.39 Å². The van der Waals surface area contributed by atoms with Gasteiger partial charge < -0.3 is 26.7 Å². The van der Waals surface area contributed by atoms with Gasteiger partial charge in [0, 0.05) is 6.07 Å². The minimum atomic E-state index is -6.00. The highest BCUT2D eigenvalue weighted by Crippen LogP contribution is 2.33. The van der Waals surface area contributed by atoms with Gasteiger partial charge in [-0.1, -0.05) is 0 Å². The second-order valence-electron chi connectivity index (χ2n) is 2.98. The van der Waals surface area contributed by atoms with Crippen molar-refractivity contribution in [2.75, 3.05) is 14.2 Å². The molecule has 0 saturated carbocycles. The molecule has 0 aliphatic carbocycles. The van der Waals surface area contributed by atoms with E-state index in [9.17, 15) is 22.1 Å². The number of aldehydes is 1. The molecule has 10 heteroatoms. The zero-order valence-electron chi connectivity index (χ0n) is 9.94. The third-order valence-corrected chi connectivity index (χ3v) is 1.77. The summed E-state index contributed by atoms with van der Waals surface area (Å²) in [6, 6.07) is 2.86. The number of diazo groups is 1. The van der Waals surface area contributed by atoms with Crippen molar-refractivity contribution in [2.24, 2.45) is 0 Å². The van der Waals surface area contributed by atoms with Gasteiger partial charge in [0.15, 0.2) is 22.8 Å². The van der Waals surface area contributed by atoms with E-state index in [0.29, 0.717) is 17.8 Å². The molecular weight excluding hydrogens is 271 g/mol. The number of rotatable bonds is 3. The van der Waals surface area contributed by atoms with E-state index in [2.05, 4.69) is 4.98 Å². The van der Waals surface area contributed by atoms with Crippen LogP contribution >= 0.6 is 0 Å². The minimum Gasteiger partial charge on any atom is -0.493 e. The first-order valence-corrected chi connectivity index (χ1v) is 4.70. The lowest BCUT2D eigenvalue weighted by molar-refractivity contribution is 0.112. The van der Waals surface area contributed by atoms with Gasteiger partial charge in [0.2, 0.25) is 5.39 Å². The van der Waals surface area contributed by atoms with E-state index in [4.69, 9.17) is 14.9 Å². The zero-order valence-corrected chi connectivity index (χ0v) is 9.94. The smallest absolute Gasteiger partial charge is 0.493 e. The fourth-order valence-corrected chi connectivity index (χ4v) is 1.06. The van der Waals surface area contributed by atoms with Crippen molar-refractivity contribution >= 4 is 19.2 Å². The van der Waals surface area contributed by atoms with Crippen molar-refractivity contribution in [3.05, 3.63) is 22.7 Å². The molecule has 19 heavy (non-hydrogen) atoms. The van der Waals surface area contributed by atoms with Crippen LogP contribution in [0.5, 0.6) is 11.5 Å². The number of benzene rings is 1. The zero-order chi connectivity index (χ0) is 15.1. The molecule has 1 aromatic carbocycles. The van der Waals surface area contributed by atoms with Crippen LogP contribution in [0.4, 0.5) is 23.0 Å². The summed E-state index contributed by atoms with van der Waals surface area (Å²) in [7, 11) is -3.08. The summed E-state index contributed by atoms with van der Waals surface area (Å²) in [4.78, 5) is 13.5. The number of halogens is 4. The van der Waals surface area contributed by atoms with Crippen molar-refractivity contribution in [2.45, 2.75) is 0 Å². The monoisotopic (exact) mass is 280 g/mol. The van der Waals surface area contributed by atoms with E-state index in [1.165, 1.54) is 26.4 Å². The summed E-state index contributed by atoms with van der Waals surface area (Å²) in [6.45, 7) is 0. The summed E-state index contributed by atoms with van der Waals surface area (Å²) in [5.41, 5.74) is 0.391. The third kappa shape index (κ3) is 6.25. The van der Waals surface area contributed by atoms with Crippen LogP contribution in [-0.2, 0) is 0 Å². The summed E-state index contributed by atoms with van der Waals surface area (Å²) in [6.07, 6.45) is 0.580. The molecule has 5 nitrogen and oxygen atoms in total. The van der Waals surface area contributed by atoms with E-state index < -0.39 is 7.25 Å². The lowest BCUT2D eigenvalue weighted by Gasteiger charge is -2.05. The first-order chi connectivity index (χ1) is 8.76. The quantitative estimate of drug-likeness (QED) is 0.369. The SMILES string of the molecule is COc1cc(C=O)c([N+]#N)cc1OC.F[B-](F)(F)F. The molecule has 0 heterocycles. The Balaban J connectivity index is 0.000000555. The molecule has 0 fully saturated rings. The molecule has 0 bridgehead atoms. The average molecular weight is 280 g/mol. The molecule has 0 aromatic heterocycles. The van der Waals surface area contributed by atoms with Crippen molar-refractivity contribution in [1.82, 2.24) is 0 Å². The number of hydrogen-bond donors (Lipinski definition) is 0. The van der Waals surface area contributed by atoms with Crippen LogP contribution in [0.1, 0.15) is 10.4 Å². The fraction of sp³-hybridized carbons (Fsp3) is 0.222. The van der Waals surface area contributed by atoms with Gasteiger partial charge in [-0.3, -0.25) is 4.79 Å². The highest BCUT2D eigenvalue weighted by molar-refractivity contribution is 6.50. The van der Waals surface area contributed by atoms with Crippen LogP contribution in [0.15, 0.2) is 12.1 Å². The number of carbonyl (C=O) groups excluding carboxylic acids is 1. The first kappa shape index (κ1) is 16.7. The number of ether oxygens (including phenoxy) is 2. The Bertz CT molecular complexity index is 482. The Labute approximate surface area is 105 Å². The molecule has 1 aromatic rings. The van der Waals surface area contributed by atoms with E-state index in [1.807, 2.05) is 0 Å². The molecule has 0 amide bonds. The maximum Gasteiger partial charge on any atom is 0.673 e. The van der Waals surface area contributed by atoms with Gasteiger partial charge in [0.25, 0.3) is 0 Å². The normalized spacial score (nSPS) is 9.74. The van der Waals surface area contributed by atoms with Crippen molar-refractivity contribution in [3.8, 4) is 11.5 Å². The van der Waals surface area contributed by atoms with Crippen molar-refractivity contribution in [1.29, 1.82) is 5.39 Å². The summed E-state index contributed by atoms with van der Waals surface area (Å²) in [5, 5.41) is 8.60. The minimum absolute atomic E-state index is 0.151. The van der Waals surface area contributed by atoms with Crippen LogP contribution in [0.25, 0.3) is 4.98 Å². The van der Waals surface area contributed by atoms with Crippen LogP contribution in [-0.4, -0.2) is 27.8 Å². The molecule has 0 aliphatic rings. The van der Waals surface area contributed by atoms with Gasteiger partial charge in [-0.2, -0.15) is 0 Å². The van der Waals surface area contributed by atoms with Gasteiger partial charge in [0.05, 0.1) is 20.3 Å². The summed E-state index contributed by atoms with van der Waals surface area (Å²) >= 11 is 0. The Hall–Kier alpha value is -2.31. The largest absolute Gasteiger partial charge is 0.673 e. The first-order valence-electron chi connectivity index (χ1n) is 4.70. The Morgan fingerprint density at radius 1 is 1.16 bits per heavy atom. The van der Waals surface area contributed by atoms with Crippen LogP contribution in [0.3, 0.4) is 0 Å². The van der Waals surface area contributed by atoms with E-state index in [1.54, 1.807) is 0 Å². The van der Waals surface area contributed by atoms with E-state index in [0.717, 1.165) is 0 Å². The Morgan fingerprint density at radius 3 is 1.89 bits per heavy atom. The molecule has 0 saturated heterocycles. The Kier molecular flexibility index (Phi) is 6.33. The standard InChI is InChI=1S/C9H9N2O3.BF4/c1-13-8-3-6(5-12)7(11-10)4-9(8)14-2;2-1(3,4)5/h3-5H,1-2H3;/q+1;-1. The molecule has 0 radical (unpaired) electrons. The highest BCUT2D eigenvalue weighted by atomic mass is 19.5. The second kappa shape index (κ2) is 7.20. The average Bonchev–Trinajstić information content (AvgIpc) is 2.34. The van der Waals surface area contributed by atoms with Crippen LogP contribution < -0.4 is 9.47 Å². The predicted molar refractivity (Wildman–Crippen MR) is 59.9 cm³/mol. The van der Waals surface area contributed by atoms with Crippen LogP contribution in [0.2, 0.25) is 0 Å². The Morgan fingerprint density at radius 2 is 1.58 bits per heavy atom. The maximum absolute atomic E-state index is 10.6. The number of hydrogen-bond acceptors (Lipinski definition) is 4. The number of nitrogens with zero attached hydrogens (tertiary/aromatic N) is 2. The number of carbonyl (C=O) groups is 1. The van der Waals surface area contributed by atoms with Gasteiger partial charge in [-0.05, 0) is 0 Å². The lowest BCUT2D eigenvalue weighted by atomic mass is 10.2. The lowest BCUT2D eigenvalue weighted by Crippen LogP contribution is -2.02.